The molecular formula is C20H26N4O2S. The average molecular weight is 387 g/mol. The standard InChI is InChI=1S/C20H26N4O2S/c25-20(26)18-19(22-23-21-18)27-17-10-6-15(7-11-17)14-4-8-16(9-5-14)24-12-2-1-3-13-24/h4-5,8-9,15,17H,1-3,6-7,10-13H2,(H,25,26)(H,21,22,23). The van der Waals surface area contributed by atoms with Crippen LogP contribution in [-0.4, -0.2) is 44.8 Å². The first-order valence-corrected chi connectivity index (χ1v) is 10.7. The van der Waals surface area contributed by atoms with Crippen LogP contribution in [0.2, 0.25) is 0 Å². The van der Waals surface area contributed by atoms with Gasteiger partial charge < -0.3 is 10.0 Å². The highest BCUT2D eigenvalue weighted by Crippen LogP contribution is 2.40. The molecule has 1 saturated carbocycles. The molecule has 0 spiro atoms. The van der Waals surface area contributed by atoms with Gasteiger partial charge in [0, 0.05) is 24.0 Å². The van der Waals surface area contributed by atoms with Gasteiger partial charge in [0.1, 0.15) is 0 Å². The Bertz CT molecular complexity index is 763. The number of thioether (sulfide) groups is 1. The first-order chi connectivity index (χ1) is 13.2. The third kappa shape index (κ3) is 4.29. The monoisotopic (exact) mass is 386 g/mol. The van der Waals surface area contributed by atoms with E-state index in [2.05, 4.69) is 44.6 Å². The number of nitrogens with one attached hydrogen (secondary N) is 1. The summed E-state index contributed by atoms with van der Waals surface area (Å²) in [5.74, 6) is -0.415. The number of hydrogen-bond acceptors (Lipinski definition) is 5. The Labute approximate surface area is 163 Å². The Balaban J connectivity index is 1.32. The van der Waals surface area contributed by atoms with Crippen LogP contribution in [0.3, 0.4) is 0 Å². The normalized spacial score (nSPS) is 23.3. The lowest BCUT2D eigenvalue weighted by molar-refractivity contribution is 0.0686. The smallest absolute Gasteiger partial charge is 0.359 e. The summed E-state index contributed by atoms with van der Waals surface area (Å²) in [6.07, 6.45) is 8.40. The highest BCUT2D eigenvalue weighted by molar-refractivity contribution is 7.99. The van der Waals surface area contributed by atoms with Crippen molar-refractivity contribution in [2.75, 3.05) is 18.0 Å². The SMILES string of the molecule is O=C(O)c1n[nH]nc1SC1CCC(c2ccc(N3CCCCC3)cc2)CC1. The second kappa shape index (κ2) is 8.33. The fourth-order valence-corrected chi connectivity index (χ4v) is 5.39. The van der Waals surface area contributed by atoms with Gasteiger partial charge >= 0.3 is 5.97 Å². The van der Waals surface area contributed by atoms with Gasteiger partial charge in [0.2, 0.25) is 5.69 Å². The molecule has 0 bridgehead atoms. The van der Waals surface area contributed by atoms with E-state index in [0.717, 1.165) is 25.7 Å². The Morgan fingerprint density at radius 1 is 1.04 bits per heavy atom. The van der Waals surface area contributed by atoms with Gasteiger partial charge in [-0.2, -0.15) is 5.21 Å². The molecule has 2 heterocycles. The average Bonchev–Trinajstić information content (AvgIpc) is 3.18. The summed E-state index contributed by atoms with van der Waals surface area (Å²) in [4.78, 5) is 13.7. The van der Waals surface area contributed by atoms with Gasteiger partial charge in [-0.15, -0.1) is 10.2 Å². The molecule has 1 aromatic heterocycles. The molecule has 144 valence electrons. The van der Waals surface area contributed by atoms with E-state index in [0.29, 0.717) is 16.2 Å². The maximum absolute atomic E-state index is 11.2. The Hall–Kier alpha value is -2.02. The van der Waals surface area contributed by atoms with Gasteiger partial charge in [-0.1, -0.05) is 23.9 Å². The lowest BCUT2D eigenvalue weighted by Crippen LogP contribution is -2.29. The van der Waals surface area contributed by atoms with E-state index >= 15 is 0 Å². The van der Waals surface area contributed by atoms with Gasteiger partial charge in [0.05, 0.1) is 0 Å². The van der Waals surface area contributed by atoms with Crippen molar-refractivity contribution in [3.8, 4) is 0 Å². The zero-order valence-electron chi connectivity index (χ0n) is 15.4. The molecule has 0 radical (unpaired) electrons. The summed E-state index contributed by atoms with van der Waals surface area (Å²) in [5.41, 5.74) is 2.83. The summed E-state index contributed by atoms with van der Waals surface area (Å²) in [6, 6.07) is 9.19. The maximum atomic E-state index is 11.2. The number of aromatic amines is 1. The van der Waals surface area contributed by atoms with Crippen molar-refractivity contribution in [2.45, 2.75) is 61.1 Å². The van der Waals surface area contributed by atoms with Crippen LogP contribution in [-0.2, 0) is 0 Å². The third-order valence-corrected chi connectivity index (χ3v) is 7.07. The van der Waals surface area contributed by atoms with Gasteiger partial charge in [0.15, 0.2) is 5.03 Å². The number of hydrogen-bond donors (Lipinski definition) is 2. The van der Waals surface area contributed by atoms with Crippen molar-refractivity contribution in [2.24, 2.45) is 0 Å². The predicted octanol–water partition coefficient (Wildman–Crippen LogP) is 4.31. The minimum atomic E-state index is -1.02. The van der Waals surface area contributed by atoms with Crippen LogP contribution in [0.5, 0.6) is 0 Å². The number of piperidine rings is 1. The lowest BCUT2D eigenvalue weighted by atomic mass is 9.84. The van der Waals surface area contributed by atoms with Gasteiger partial charge in [-0.25, -0.2) is 4.79 Å². The molecule has 0 atom stereocenters. The molecular weight excluding hydrogens is 360 g/mol. The van der Waals surface area contributed by atoms with E-state index in [-0.39, 0.29) is 5.69 Å². The number of carbonyl (C=O) groups is 1. The number of aromatic carboxylic acids is 1. The van der Waals surface area contributed by atoms with E-state index in [1.807, 2.05) is 0 Å². The molecule has 2 fully saturated rings. The van der Waals surface area contributed by atoms with Gasteiger partial charge in [-0.3, -0.25) is 0 Å². The minimum Gasteiger partial charge on any atom is -0.476 e. The molecule has 0 amide bonds. The van der Waals surface area contributed by atoms with Crippen LogP contribution in [0.4, 0.5) is 5.69 Å². The number of anilines is 1. The molecule has 1 aliphatic carbocycles. The number of H-pyrrole nitrogens is 1. The largest absolute Gasteiger partial charge is 0.476 e. The summed E-state index contributed by atoms with van der Waals surface area (Å²) >= 11 is 1.55. The fourth-order valence-electron chi connectivity index (χ4n) is 4.22. The van der Waals surface area contributed by atoms with Gasteiger partial charge in [-0.05, 0) is 68.6 Å². The Morgan fingerprint density at radius 3 is 2.41 bits per heavy atom. The first-order valence-electron chi connectivity index (χ1n) is 9.86. The summed E-state index contributed by atoms with van der Waals surface area (Å²) < 4.78 is 0. The number of carboxylic acids is 1. The van der Waals surface area contributed by atoms with Crippen molar-refractivity contribution in [3.05, 3.63) is 35.5 Å². The molecule has 7 heteroatoms. The summed E-state index contributed by atoms with van der Waals surface area (Å²) in [6.45, 7) is 2.37. The number of aromatic nitrogens is 3. The van der Waals surface area contributed by atoms with E-state index in [4.69, 9.17) is 5.11 Å². The first kappa shape index (κ1) is 18.3. The van der Waals surface area contributed by atoms with Crippen LogP contribution in [0.25, 0.3) is 0 Å². The van der Waals surface area contributed by atoms with Crippen LogP contribution < -0.4 is 4.90 Å². The molecule has 1 aromatic carbocycles. The van der Waals surface area contributed by atoms with Crippen LogP contribution in [0.1, 0.15) is 66.9 Å². The number of benzene rings is 1. The molecule has 1 saturated heterocycles. The zero-order chi connectivity index (χ0) is 18.6. The third-order valence-electron chi connectivity index (χ3n) is 5.76. The number of carboxylic acid groups (broad SMARTS) is 1. The molecule has 0 unspecified atom stereocenters. The van der Waals surface area contributed by atoms with Crippen molar-refractivity contribution in [1.82, 2.24) is 15.4 Å². The fraction of sp³-hybridized carbons (Fsp3) is 0.550. The highest BCUT2D eigenvalue weighted by Gasteiger charge is 2.26. The van der Waals surface area contributed by atoms with Crippen molar-refractivity contribution in [3.63, 3.8) is 0 Å². The molecule has 6 nitrogen and oxygen atoms in total. The van der Waals surface area contributed by atoms with Gasteiger partial charge in [0.25, 0.3) is 0 Å². The minimum absolute atomic E-state index is 0.0374. The Morgan fingerprint density at radius 2 is 1.74 bits per heavy atom. The molecule has 2 aromatic rings. The van der Waals surface area contributed by atoms with Crippen LogP contribution >= 0.6 is 11.8 Å². The maximum Gasteiger partial charge on any atom is 0.359 e. The predicted molar refractivity (Wildman–Crippen MR) is 107 cm³/mol. The zero-order valence-corrected chi connectivity index (χ0v) is 16.2. The van der Waals surface area contributed by atoms with E-state index in [1.165, 1.54) is 43.6 Å². The second-order valence-corrected chi connectivity index (χ2v) is 8.80. The van der Waals surface area contributed by atoms with Crippen molar-refractivity contribution < 1.29 is 9.90 Å². The summed E-state index contributed by atoms with van der Waals surface area (Å²) in [5, 5.41) is 20.2. The Kier molecular flexibility index (Phi) is 5.66. The van der Waals surface area contributed by atoms with Crippen molar-refractivity contribution >= 4 is 23.4 Å². The van der Waals surface area contributed by atoms with E-state index in [9.17, 15) is 4.79 Å². The lowest BCUT2D eigenvalue weighted by Gasteiger charge is -2.30. The topological polar surface area (TPSA) is 82.1 Å². The molecule has 2 N–H and O–H groups in total. The highest BCUT2D eigenvalue weighted by atomic mass is 32.2. The number of nitrogens with zero attached hydrogens (tertiary/aromatic N) is 3. The van der Waals surface area contributed by atoms with Crippen LogP contribution in [0, 0.1) is 0 Å². The van der Waals surface area contributed by atoms with E-state index < -0.39 is 5.97 Å². The molecule has 27 heavy (non-hydrogen) atoms. The van der Waals surface area contributed by atoms with Crippen molar-refractivity contribution in [1.29, 1.82) is 0 Å². The quantitative estimate of drug-likeness (QED) is 0.797. The molecule has 2 aliphatic rings. The molecule has 1 aliphatic heterocycles. The van der Waals surface area contributed by atoms with Crippen LogP contribution in [0.15, 0.2) is 29.3 Å². The summed E-state index contributed by atoms with van der Waals surface area (Å²) in [7, 11) is 0. The second-order valence-electron chi connectivity index (χ2n) is 7.51. The number of rotatable bonds is 5. The molecule has 4 rings (SSSR count). The van der Waals surface area contributed by atoms with E-state index in [1.54, 1.807) is 11.8 Å².